The predicted molar refractivity (Wildman–Crippen MR) is 113 cm³/mol. The fourth-order valence-corrected chi connectivity index (χ4v) is 3.95. The van der Waals surface area contributed by atoms with E-state index in [2.05, 4.69) is 51.9 Å². The van der Waals surface area contributed by atoms with Crippen molar-refractivity contribution in [2.45, 2.75) is 32.9 Å². The number of urea groups is 1. The molecule has 1 saturated heterocycles. The van der Waals surface area contributed by atoms with Crippen LogP contribution in [0.15, 0.2) is 53.1 Å². The fourth-order valence-electron chi connectivity index (χ4n) is 3.95. The first-order valence-corrected chi connectivity index (χ1v) is 10.3. The minimum atomic E-state index is -0.153. The average Bonchev–Trinajstić information content (AvgIpc) is 3.15. The van der Waals surface area contributed by atoms with E-state index >= 15 is 0 Å². The molecule has 6 heteroatoms. The molecule has 1 aromatic heterocycles. The number of aromatic nitrogens is 1. The van der Waals surface area contributed by atoms with Crippen LogP contribution >= 0.6 is 0 Å². The zero-order chi connectivity index (χ0) is 20.1. The Bertz CT molecular complexity index is 960. The zero-order valence-electron chi connectivity index (χ0n) is 16.9. The Morgan fingerprint density at radius 2 is 1.97 bits per heavy atom. The van der Waals surface area contributed by atoms with Gasteiger partial charge in [0, 0.05) is 18.5 Å². The number of nitrogens with one attached hydrogen (secondary N) is 2. The van der Waals surface area contributed by atoms with Crippen molar-refractivity contribution in [2.24, 2.45) is 5.92 Å². The summed E-state index contributed by atoms with van der Waals surface area (Å²) in [6, 6.07) is 16.2. The van der Waals surface area contributed by atoms with Gasteiger partial charge in [0.2, 0.25) is 0 Å². The summed E-state index contributed by atoms with van der Waals surface area (Å²) in [6.07, 6.45) is 2.22. The Labute approximate surface area is 171 Å². The van der Waals surface area contributed by atoms with Crippen molar-refractivity contribution in [1.82, 2.24) is 20.7 Å². The smallest absolute Gasteiger partial charge is 0.315 e. The summed E-state index contributed by atoms with van der Waals surface area (Å²) in [5.41, 5.74) is 4.18. The molecule has 0 bridgehead atoms. The van der Waals surface area contributed by atoms with Crippen LogP contribution in [0, 0.1) is 12.8 Å². The molecule has 1 fully saturated rings. The topological polar surface area (TPSA) is 70.4 Å². The van der Waals surface area contributed by atoms with E-state index in [1.54, 1.807) is 0 Å². The van der Waals surface area contributed by atoms with Crippen LogP contribution in [0.25, 0.3) is 11.0 Å². The van der Waals surface area contributed by atoms with Crippen LogP contribution in [-0.4, -0.2) is 35.7 Å². The first-order valence-electron chi connectivity index (χ1n) is 10.3. The van der Waals surface area contributed by atoms with Gasteiger partial charge in [-0.2, -0.15) is 0 Å². The lowest BCUT2D eigenvalue weighted by atomic mass is 9.96. The van der Waals surface area contributed by atoms with Gasteiger partial charge in [-0.3, -0.25) is 4.90 Å². The molecule has 4 rings (SSSR count). The average molecular weight is 393 g/mol. The van der Waals surface area contributed by atoms with E-state index in [-0.39, 0.29) is 6.03 Å². The normalized spacial score (nSPS) is 15.5. The third-order valence-electron chi connectivity index (χ3n) is 5.62. The van der Waals surface area contributed by atoms with Gasteiger partial charge in [0.05, 0.1) is 6.54 Å². The number of nitrogens with zero attached hydrogens (tertiary/aromatic N) is 2. The molecule has 0 aliphatic carbocycles. The molecule has 2 N–H and O–H groups in total. The number of hydrogen-bond donors (Lipinski definition) is 2. The van der Waals surface area contributed by atoms with Crippen molar-refractivity contribution < 1.29 is 9.32 Å². The lowest BCUT2D eigenvalue weighted by Gasteiger charge is -2.32. The summed E-state index contributed by atoms with van der Waals surface area (Å²) < 4.78 is 5.27. The minimum absolute atomic E-state index is 0.153. The Morgan fingerprint density at radius 1 is 1.14 bits per heavy atom. The van der Waals surface area contributed by atoms with Gasteiger partial charge in [0.15, 0.2) is 5.58 Å². The highest BCUT2D eigenvalue weighted by Crippen LogP contribution is 2.19. The van der Waals surface area contributed by atoms with Crippen molar-refractivity contribution in [2.75, 3.05) is 19.6 Å². The van der Waals surface area contributed by atoms with Crippen molar-refractivity contribution in [1.29, 1.82) is 0 Å². The monoisotopic (exact) mass is 392 g/mol. The van der Waals surface area contributed by atoms with Crippen LogP contribution in [-0.2, 0) is 13.1 Å². The van der Waals surface area contributed by atoms with Gasteiger partial charge >= 0.3 is 6.03 Å². The van der Waals surface area contributed by atoms with Crippen LogP contribution < -0.4 is 10.6 Å². The molecule has 3 aromatic rings. The minimum Gasteiger partial charge on any atom is -0.356 e. The molecule has 152 valence electrons. The van der Waals surface area contributed by atoms with E-state index in [1.165, 1.54) is 11.1 Å². The van der Waals surface area contributed by atoms with Gasteiger partial charge in [0.25, 0.3) is 0 Å². The lowest BCUT2D eigenvalue weighted by Crippen LogP contribution is -2.41. The Morgan fingerprint density at radius 3 is 2.79 bits per heavy atom. The highest BCUT2D eigenvalue weighted by atomic mass is 16.5. The summed E-state index contributed by atoms with van der Waals surface area (Å²) >= 11 is 0. The Balaban J connectivity index is 1.17. The largest absolute Gasteiger partial charge is 0.356 e. The van der Waals surface area contributed by atoms with Crippen LogP contribution in [0.2, 0.25) is 0 Å². The maximum atomic E-state index is 12.2. The number of aryl methyl sites for hydroxylation is 1. The van der Waals surface area contributed by atoms with Gasteiger partial charge in [-0.25, -0.2) is 4.79 Å². The number of fused-ring (bicyclic) bond motifs is 1. The highest BCUT2D eigenvalue weighted by molar-refractivity contribution is 5.80. The van der Waals surface area contributed by atoms with Crippen LogP contribution in [0.1, 0.15) is 29.7 Å². The number of amides is 2. The number of hydrogen-bond acceptors (Lipinski definition) is 4. The summed E-state index contributed by atoms with van der Waals surface area (Å²) in [7, 11) is 0. The van der Waals surface area contributed by atoms with Gasteiger partial charge in [-0.15, -0.1) is 0 Å². The summed E-state index contributed by atoms with van der Waals surface area (Å²) in [5.74, 6) is 0.530. The Kier molecular flexibility index (Phi) is 6.10. The summed E-state index contributed by atoms with van der Waals surface area (Å²) in [6.45, 7) is 6.37. The zero-order valence-corrected chi connectivity index (χ0v) is 16.9. The molecule has 0 unspecified atom stereocenters. The first-order chi connectivity index (χ1) is 14.2. The fraction of sp³-hybridized carbons (Fsp3) is 0.391. The van der Waals surface area contributed by atoms with Crippen LogP contribution in [0.3, 0.4) is 0 Å². The molecule has 0 spiro atoms. The van der Waals surface area contributed by atoms with E-state index in [4.69, 9.17) is 4.52 Å². The van der Waals surface area contributed by atoms with Crippen molar-refractivity contribution in [3.05, 3.63) is 65.4 Å². The molecule has 2 heterocycles. The molecule has 1 aliphatic heterocycles. The number of piperidine rings is 1. The van der Waals surface area contributed by atoms with Crippen molar-refractivity contribution in [3.63, 3.8) is 0 Å². The van der Waals surface area contributed by atoms with Crippen molar-refractivity contribution in [3.8, 4) is 0 Å². The third kappa shape index (κ3) is 5.15. The number of rotatable bonds is 6. The number of carbonyl (C=O) groups excluding carboxylic acids is 1. The van der Waals surface area contributed by atoms with Crippen LogP contribution in [0.5, 0.6) is 0 Å². The summed E-state index contributed by atoms with van der Waals surface area (Å²) in [5, 5.41) is 10.9. The maximum absolute atomic E-state index is 12.2. The second-order valence-corrected chi connectivity index (χ2v) is 7.90. The number of carbonyl (C=O) groups is 1. The number of benzene rings is 2. The number of likely N-dealkylation sites (tertiary alicyclic amines) is 1. The number of para-hydroxylation sites is 1. The van der Waals surface area contributed by atoms with Crippen molar-refractivity contribution >= 4 is 17.0 Å². The first kappa shape index (κ1) is 19.5. The molecule has 1 aliphatic rings. The molecular formula is C23H28N4O2. The molecule has 29 heavy (non-hydrogen) atoms. The Hall–Kier alpha value is -2.86. The van der Waals surface area contributed by atoms with E-state index < -0.39 is 0 Å². The lowest BCUT2D eigenvalue weighted by molar-refractivity contribution is 0.175. The van der Waals surface area contributed by atoms with E-state index in [1.807, 2.05) is 24.3 Å². The standard InChI is InChI=1S/C23H28N4O2/c1-17-5-4-6-19(13-17)16-27-11-9-18(10-12-27)14-24-23(28)25-15-21-20-7-2-3-8-22(20)29-26-21/h2-8,13,18H,9-12,14-16H2,1H3,(H2,24,25,28). The second-order valence-electron chi connectivity index (χ2n) is 7.90. The third-order valence-corrected chi connectivity index (χ3v) is 5.62. The molecular weight excluding hydrogens is 364 g/mol. The maximum Gasteiger partial charge on any atom is 0.315 e. The van der Waals surface area contributed by atoms with Gasteiger partial charge < -0.3 is 15.2 Å². The quantitative estimate of drug-likeness (QED) is 0.669. The molecule has 0 atom stereocenters. The van der Waals surface area contributed by atoms with E-state index in [0.29, 0.717) is 19.0 Å². The van der Waals surface area contributed by atoms with E-state index in [0.717, 1.165) is 49.1 Å². The van der Waals surface area contributed by atoms with Gasteiger partial charge in [0.1, 0.15) is 5.69 Å². The highest BCUT2D eigenvalue weighted by Gasteiger charge is 2.20. The predicted octanol–water partition coefficient (Wildman–Crippen LogP) is 3.85. The summed E-state index contributed by atoms with van der Waals surface area (Å²) in [4.78, 5) is 14.7. The SMILES string of the molecule is Cc1cccc(CN2CCC(CNC(=O)NCc3noc4ccccc34)CC2)c1. The molecule has 0 saturated carbocycles. The van der Waals surface area contributed by atoms with Gasteiger partial charge in [-0.1, -0.05) is 47.1 Å². The van der Waals surface area contributed by atoms with Crippen LogP contribution in [0.4, 0.5) is 4.79 Å². The molecule has 2 aromatic carbocycles. The molecule has 0 radical (unpaired) electrons. The second kappa shape index (κ2) is 9.09. The molecule has 6 nitrogen and oxygen atoms in total. The molecule has 2 amide bonds. The van der Waals surface area contributed by atoms with Gasteiger partial charge in [-0.05, 0) is 56.5 Å². The van der Waals surface area contributed by atoms with E-state index in [9.17, 15) is 4.79 Å².